The average molecular weight is 392 g/mol. The van der Waals surface area contributed by atoms with Gasteiger partial charge in [0.25, 0.3) is 0 Å². The molecular formula is C28H41N. The molecule has 7 rings (SSSR count). The summed E-state index contributed by atoms with van der Waals surface area (Å²) in [6.45, 7) is 11.8. The van der Waals surface area contributed by atoms with Crippen LogP contribution in [0.2, 0.25) is 0 Å². The zero-order chi connectivity index (χ0) is 19.9. The molecular weight excluding hydrogens is 350 g/mol. The molecule has 4 atom stereocenters. The van der Waals surface area contributed by atoms with Crippen LogP contribution in [0.4, 0.5) is 0 Å². The predicted molar refractivity (Wildman–Crippen MR) is 121 cm³/mol. The van der Waals surface area contributed by atoms with Crippen LogP contribution in [-0.2, 0) is 5.41 Å². The van der Waals surface area contributed by atoms with Crippen molar-refractivity contribution in [2.24, 2.45) is 40.4 Å². The molecule has 1 saturated heterocycles. The molecule has 0 spiro atoms. The number of piperidine rings is 1. The number of fused-ring (bicyclic) bond motifs is 2. The highest BCUT2D eigenvalue weighted by atomic mass is 15.2. The van der Waals surface area contributed by atoms with Crippen molar-refractivity contribution in [3.05, 3.63) is 35.9 Å². The average Bonchev–Trinajstić information content (AvgIpc) is 2.82. The number of hydrogen-bond acceptors (Lipinski definition) is 1. The van der Waals surface area contributed by atoms with Gasteiger partial charge in [0.1, 0.15) is 0 Å². The Hall–Kier alpha value is -0.820. The molecule has 5 aliphatic carbocycles. The number of hydrogen-bond donors (Lipinski definition) is 0. The van der Waals surface area contributed by atoms with Crippen LogP contribution in [0.15, 0.2) is 30.3 Å². The van der Waals surface area contributed by atoms with Gasteiger partial charge in [0.15, 0.2) is 0 Å². The van der Waals surface area contributed by atoms with E-state index < -0.39 is 0 Å². The number of benzene rings is 1. The largest absolute Gasteiger partial charge is 0.302 e. The van der Waals surface area contributed by atoms with Crippen molar-refractivity contribution >= 4 is 0 Å². The minimum Gasteiger partial charge on any atom is -0.302 e. The van der Waals surface area contributed by atoms with Gasteiger partial charge in [0.05, 0.1) is 0 Å². The molecule has 5 saturated carbocycles. The third-order valence-electron chi connectivity index (χ3n) is 11.3. The molecule has 29 heavy (non-hydrogen) atoms. The Morgan fingerprint density at radius 2 is 1.69 bits per heavy atom. The lowest BCUT2D eigenvalue weighted by Crippen LogP contribution is -2.55. The normalized spacial score (nSPS) is 47.6. The first-order valence-electron chi connectivity index (χ1n) is 12.7. The van der Waals surface area contributed by atoms with Gasteiger partial charge >= 0.3 is 0 Å². The van der Waals surface area contributed by atoms with Crippen molar-refractivity contribution in [2.45, 2.75) is 77.6 Å². The quantitative estimate of drug-likeness (QED) is 0.564. The van der Waals surface area contributed by atoms with E-state index in [0.29, 0.717) is 16.2 Å². The Labute approximate surface area is 178 Å². The van der Waals surface area contributed by atoms with Gasteiger partial charge in [-0.2, -0.15) is 0 Å². The Morgan fingerprint density at radius 1 is 0.966 bits per heavy atom. The molecule has 3 unspecified atom stereocenters. The van der Waals surface area contributed by atoms with Crippen molar-refractivity contribution in [2.75, 3.05) is 19.6 Å². The zero-order valence-electron chi connectivity index (χ0n) is 19.0. The summed E-state index contributed by atoms with van der Waals surface area (Å²) >= 11 is 0. The van der Waals surface area contributed by atoms with Crippen molar-refractivity contribution in [3.63, 3.8) is 0 Å². The zero-order valence-corrected chi connectivity index (χ0v) is 19.0. The minimum absolute atomic E-state index is 0.538. The number of likely N-dealkylation sites (tertiary alicyclic amines) is 1. The molecule has 6 bridgehead atoms. The van der Waals surface area contributed by atoms with Gasteiger partial charge in [-0.15, -0.1) is 0 Å². The van der Waals surface area contributed by atoms with Crippen molar-refractivity contribution in [3.8, 4) is 0 Å². The Morgan fingerprint density at radius 3 is 2.38 bits per heavy atom. The molecule has 6 fully saturated rings. The highest BCUT2D eigenvalue weighted by Gasteiger charge is 2.57. The van der Waals surface area contributed by atoms with Gasteiger partial charge in [0, 0.05) is 13.1 Å². The summed E-state index contributed by atoms with van der Waals surface area (Å²) in [4.78, 5) is 2.89. The van der Waals surface area contributed by atoms with Gasteiger partial charge in [-0.05, 0) is 109 Å². The predicted octanol–water partition coefficient (Wildman–Crippen LogP) is 6.53. The van der Waals surface area contributed by atoms with Gasteiger partial charge in [-0.25, -0.2) is 0 Å². The van der Waals surface area contributed by atoms with E-state index in [9.17, 15) is 0 Å². The summed E-state index contributed by atoms with van der Waals surface area (Å²) in [5.41, 5.74) is 3.31. The van der Waals surface area contributed by atoms with Gasteiger partial charge in [0.2, 0.25) is 0 Å². The third kappa shape index (κ3) is 2.75. The van der Waals surface area contributed by atoms with Gasteiger partial charge in [-0.1, -0.05) is 51.1 Å². The molecule has 0 radical (unpaired) electrons. The van der Waals surface area contributed by atoms with E-state index in [1.165, 1.54) is 58.2 Å². The van der Waals surface area contributed by atoms with Crippen LogP contribution in [0, 0.1) is 40.4 Å². The summed E-state index contributed by atoms with van der Waals surface area (Å²) in [7, 11) is 0. The molecule has 1 aromatic carbocycles. The molecule has 158 valence electrons. The van der Waals surface area contributed by atoms with Crippen LogP contribution in [0.25, 0.3) is 0 Å². The van der Waals surface area contributed by atoms with Crippen molar-refractivity contribution in [1.82, 2.24) is 4.90 Å². The van der Waals surface area contributed by atoms with Crippen LogP contribution < -0.4 is 0 Å². The maximum atomic E-state index is 2.89. The van der Waals surface area contributed by atoms with Crippen LogP contribution in [-0.4, -0.2) is 24.5 Å². The smallest absolute Gasteiger partial charge is 0.00407 e. The fourth-order valence-electron chi connectivity index (χ4n) is 9.39. The van der Waals surface area contributed by atoms with Crippen molar-refractivity contribution in [1.29, 1.82) is 0 Å². The van der Waals surface area contributed by atoms with E-state index in [1.807, 2.05) is 0 Å². The highest BCUT2D eigenvalue weighted by molar-refractivity contribution is 5.29. The fourth-order valence-corrected chi connectivity index (χ4v) is 9.39. The number of nitrogens with zero attached hydrogens (tertiary/aromatic N) is 1. The monoisotopic (exact) mass is 391 g/mol. The van der Waals surface area contributed by atoms with E-state index in [4.69, 9.17) is 0 Å². The maximum Gasteiger partial charge on any atom is 0.00407 e. The van der Waals surface area contributed by atoms with Crippen LogP contribution in [0.3, 0.4) is 0 Å². The molecule has 1 heteroatoms. The number of rotatable bonds is 4. The highest BCUT2D eigenvalue weighted by Crippen LogP contribution is 2.64. The first-order valence-corrected chi connectivity index (χ1v) is 12.7. The molecule has 1 heterocycles. The standard InChI is InChI=1S/C28H41N/c1-26(2)24-9-11-27(26,3)19-29(18-24)12-10-25-21-13-20-14-22(25)17-28(15-20,16-21)23-7-5-4-6-8-23/h4-8,20-22,24-25H,9-19H2,1-3H3/t20?,21?,22?,24?,25?,27-,28?/m1/s1. The second kappa shape index (κ2) is 6.35. The van der Waals surface area contributed by atoms with E-state index >= 15 is 0 Å². The van der Waals surface area contributed by atoms with Crippen LogP contribution >= 0.6 is 0 Å². The first-order chi connectivity index (χ1) is 13.9. The van der Waals surface area contributed by atoms with Crippen LogP contribution in [0.1, 0.15) is 77.7 Å². The molecule has 1 aromatic rings. The Balaban J connectivity index is 1.15. The Kier molecular flexibility index (Phi) is 4.14. The third-order valence-corrected chi connectivity index (χ3v) is 11.3. The lowest BCUT2D eigenvalue weighted by atomic mass is 9.44. The topological polar surface area (TPSA) is 3.24 Å². The lowest BCUT2D eigenvalue weighted by molar-refractivity contribution is -0.0684. The Bertz CT molecular complexity index is 750. The molecule has 0 aromatic heterocycles. The fraction of sp³-hybridized carbons (Fsp3) is 0.786. The minimum atomic E-state index is 0.538. The summed E-state index contributed by atoms with van der Waals surface area (Å²) in [5.74, 6) is 4.99. The lowest BCUT2D eigenvalue weighted by Gasteiger charge is -2.61. The summed E-state index contributed by atoms with van der Waals surface area (Å²) in [6, 6.07) is 11.6. The van der Waals surface area contributed by atoms with Crippen LogP contribution in [0.5, 0.6) is 0 Å². The first kappa shape index (κ1) is 18.9. The molecule has 1 nitrogen and oxygen atoms in total. The molecule has 1 aliphatic heterocycles. The van der Waals surface area contributed by atoms with E-state index in [-0.39, 0.29) is 0 Å². The molecule has 0 amide bonds. The summed E-state index contributed by atoms with van der Waals surface area (Å²) < 4.78 is 0. The summed E-state index contributed by atoms with van der Waals surface area (Å²) in [6.07, 6.45) is 12.0. The van der Waals surface area contributed by atoms with E-state index in [1.54, 1.807) is 18.4 Å². The second-order valence-electron chi connectivity index (χ2n) is 12.8. The summed E-state index contributed by atoms with van der Waals surface area (Å²) in [5, 5.41) is 0. The van der Waals surface area contributed by atoms with E-state index in [2.05, 4.69) is 56.0 Å². The van der Waals surface area contributed by atoms with Crippen molar-refractivity contribution < 1.29 is 0 Å². The molecule has 0 N–H and O–H groups in total. The van der Waals surface area contributed by atoms with E-state index in [0.717, 1.165) is 29.6 Å². The SMILES string of the molecule is CC1(C)C2CC[C@]1(C)CN(CCC1C3CC4CC1CC(c1ccccc1)(C4)C3)C2. The van der Waals surface area contributed by atoms with Gasteiger partial charge < -0.3 is 4.90 Å². The maximum absolute atomic E-state index is 2.89. The second-order valence-corrected chi connectivity index (χ2v) is 12.8. The molecule has 6 aliphatic rings. The van der Waals surface area contributed by atoms with Gasteiger partial charge in [-0.3, -0.25) is 0 Å².